The van der Waals surface area contributed by atoms with Crippen molar-refractivity contribution in [1.82, 2.24) is 19.9 Å². The second-order valence-corrected chi connectivity index (χ2v) is 9.92. The molecule has 11 heteroatoms. The molecule has 154 valence electrons. The Hall–Kier alpha value is -2.95. The quantitative estimate of drug-likeness (QED) is 0.439. The molecule has 0 atom stereocenters. The van der Waals surface area contributed by atoms with Crippen LogP contribution in [0.4, 0.5) is 5.69 Å². The van der Waals surface area contributed by atoms with Crippen LogP contribution in [-0.4, -0.2) is 35.5 Å². The molecule has 0 saturated carbocycles. The number of halogens is 1. The monoisotopic (exact) mass is 461 g/mol. The van der Waals surface area contributed by atoms with Crippen LogP contribution in [-0.2, 0) is 16.4 Å². The van der Waals surface area contributed by atoms with Crippen LogP contribution in [0.1, 0.15) is 16.2 Å². The number of nitrogens with one attached hydrogen (secondary N) is 2. The van der Waals surface area contributed by atoms with E-state index in [0.29, 0.717) is 28.6 Å². The number of amides is 1. The van der Waals surface area contributed by atoms with E-state index in [9.17, 15) is 13.2 Å². The molecular weight excluding hydrogens is 446 g/mol. The molecule has 0 aliphatic carbocycles. The Bertz CT molecular complexity index is 1300. The lowest BCUT2D eigenvalue weighted by Crippen LogP contribution is -2.26. The molecule has 30 heavy (non-hydrogen) atoms. The van der Waals surface area contributed by atoms with E-state index in [0.717, 1.165) is 22.8 Å². The van der Waals surface area contributed by atoms with Crippen molar-refractivity contribution in [3.63, 3.8) is 0 Å². The van der Waals surface area contributed by atoms with E-state index in [1.54, 1.807) is 12.1 Å². The van der Waals surface area contributed by atoms with Gasteiger partial charge in [0.2, 0.25) is 0 Å². The van der Waals surface area contributed by atoms with E-state index >= 15 is 0 Å². The lowest BCUT2D eigenvalue weighted by atomic mass is 10.2. The number of thiophene rings is 1. The predicted octanol–water partition coefficient (Wildman–Crippen LogP) is 3.22. The minimum absolute atomic E-state index is 0.121. The summed E-state index contributed by atoms with van der Waals surface area (Å²) in [5, 5.41) is 11.0. The average molecular weight is 462 g/mol. The number of aromatic nitrogens is 3. The fourth-order valence-corrected chi connectivity index (χ4v) is 5.33. The average Bonchev–Trinajstić information content (AvgIpc) is 3.35. The van der Waals surface area contributed by atoms with Gasteiger partial charge in [-0.25, -0.2) is 8.42 Å². The molecule has 0 spiro atoms. The van der Waals surface area contributed by atoms with Gasteiger partial charge in [0.05, 0.1) is 4.34 Å². The van der Waals surface area contributed by atoms with Gasteiger partial charge in [-0.1, -0.05) is 17.7 Å². The van der Waals surface area contributed by atoms with Crippen molar-refractivity contribution in [3.05, 3.63) is 76.5 Å². The number of sulfonamides is 1. The van der Waals surface area contributed by atoms with E-state index in [2.05, 4.69) is 20.2 Å². The lowest BCUT2D eigenvalue weighted by Gasteiger charge is -2.08. The minimum atomic E-state index is -3.71. The molecule has 0 unspecified atom stereocenters. The summed E-state index contributed by atoms with van der Waals surface area (Å²) >= 11 is 6.77. The van der Waals surface area contributed by atoms with Gasteiger partial charge in [0.15, 0.2) is 5.65 Å². The third-order valence-corrected chi connectivity index (χ3v) is 7.34. The fraction of sp³-hybridized carbons (Fsp3) is 0.105. The zero-order valence-corrected chi connectivity index (χ0v) is 17.8. The van der Waals surface area contributed by atoms with Gasteiger partial charge in [-0.15, -0.1) is 21.5 Å². The third kappa shape index (κ3) is 4.45. The second kappa shape index (κ2) is 8.42. The summed E-state index contributed by atoms with van der Waals surface area (Å²) in [6.07, 6.45) is 2.40. The summed E-state index contributed by atoms with van der Waals surface area (Å²) in [4.78, 5) is 12.4. The van der Waals surface area contributed by atoms with E-state index < -0.39 is 10.0 Å². The van der Waals surface area contributed by atoms with Crippen molar-refractivity contribution >= 4 is 50.2 Å². The van der Waals surface area contributed by atoms with Gasteiger partial charge in [-0.3, -0.25) is 13.9 Å². The van der Waals surface area contributed by atoms with Gasteiger partial charge in [-0.2, -0.15) is 0 Å². The maximum atomic E-state index is 12.4. The summed E-state index contributed by atoms with van der Waals surface area (Å²) < 4.78 is 29.5. The van der Waals surface area contributed by atoms with Crippen molar-refractivity contribution in [2.45, 2.75) is 10.6 Å². The highest BCUT2D eigenvalue weighted by Gasteiger charge is 2.17. The van der Waals surface area contributed by atoms with Crippen LogP contribution < -0.4 is 10.0 Å². The molecule has 4 rings (SSSR count). The molecule has 1 aromatic carbocycles. The first-order chi connectivity index (χ1) is 14.4. The third-order valence-electron chi connectivity index (χ3n) is 4.23. The van der Waals surface area contributed by atoms with Crippen LogP contribution in [0.15, 0.2) is 65.0 Å². The van der Waals surface area contributed by atoms with E-state index in [4.69, 9.17) is 11.6 Å². The highest BCUT2D eigenvalue weighted by atomic mass is 35.5. The summed E-state index contributed by atoms with van der Waals surface area (Å²) in [5.41, 5.74) is 1.52. The molecule has 0 aliphatic heterocycles. The molecule has 2 N–H and O–H groups in total. The maximum Gasteiger partial charge on any atom is 0.271 e. The topological polar surface area (TPSA) is 105 Å². The van der Waals surface area contributed by atoms with Crippen molar-refractivity contribution in [1.29, 1.82) is 0 Å². The summed E-state index contributed by atoms with van der Waals surface area (Å²) in [5.74, 6) is 0.493. The zero-order chi connectivity index (χ0) is 21.1. The van der Waals surface area contributed by atoms with E-state index in [1.807, 2.05) is 28.8 Å². The first-order valence-corrected chi connectivity index (χ1v) is 11.6. The van der Waals surface area contributed by atoms with Gasteiger partial charge >= 0.3 is 0 Å². The Morgan fingerprint density at radius 3 is 2.60 bits per heavy atom. The number of hydrogen-bond donors (Lipinski definition) is 2. The molecular formula is C19H16ClN5O3S2. The first-order valence-electron chi connectivity index (χ1n) is 8.87. The number of nitrogens with zero attached hydrogens (tertiary/aromatic N) is 3. The number of rotatable bonds is 7. The number of benzene rings is 1. The molecule has 0 fully saturated rings. The molecule has 8 nitrogen and oxygen atoms in total. The van der Waals surface area contributed by atoms with Gasteiger partial charge in [0.1, 0.15) is 10.0 Å². The molecule has 0 radical (unpaired) electrons. The number of anilines is 1. The molecule has 3 aromatic heterocycles. The Morgan fingerprint density at radius 1 is 1.07 bits per heavy atom. The Labute approximate surface area is 181 Å². The van der Waals surface area contributed by atoms with Crippen molar-refractivity contribution in [3.8, 4) is 0 Å². The van der Waals surface area contributed by atoms with Gasteiger partial charge in [0.25, 0.3) is 15.9 Å². The second-order valence-electron chi connectivity index (χ2n) is 6.29. The standard InChI is InChI=1S/C19H16ClN5O3S2/c20-15-8-9-18(29-15)30(27,28)24-14-6-4-13(5-7-14)19(26)21-11-10-17-23-22-16-3-1-2-12-25(16)17/h1-9,12,24H,10-11H2,(H,21,26). The molecule has 3 heterocycles. The van der Waals surface area contributed by atoms with Crippen LogP contribution in [0.5, 0.6) is 0 Å². The summed E-state index contributed by atoms with van der Waals surface area (Å²) in [7, 11) is -3.71. The number of carbonyl (C=O) groups excluding carboxylic acids is 1. The van der Waals surface area contributed by atoms with Gasteiger partial charge in [0, 0.05) is 30.4 Å². The number of fused-ring (bicyclic) bond motifs is 1. The zero-order valence-electron chi connectivity index (χ0n) is 15.4. The van der Waals surface area contributed by atoms with E-state index in [1.165, 1.54) is 24.3 Å². The van der Waals surface area contributed by atoms with Crippen LogP contribution in [0, 0.1) is 0 Å². The largest absolute Gasteiger partial charge is 0.352 e. The van der Waals surface area contributed by atoms with Crippen LogP contribution >= 0.6 is 22.9 Å². The Morgan fingerprint density at radius 2 is 1.87 bits per heavy atom. The van der Waals surface area contributed by atoms with Crippen molar-refractivity contribution in [2.75, 3.05) is 11.3 Å². The molecule has 0 aliphatic rings. The molecule has 0 bridgehead atoms. The fourth-order valence-electron chi connectivity index (χ4n) is 2.79. The normalized spacial score (nSPS) is 11.5. The Kier molecular flexibility index (Phi) is 5.71. The smallest absolute Gasteiger partial charge is 0.271 e. The highest BCUT2D eigenvalue weighted by Crippen LogP contribution is 2.27. The number of carbonyl (C=O) groups is 1. The van der Waals surface area contributed by atoms with Gasteiger partial charge in [-0.05, 0) is 48.5 Å². The molecule has 1 amide bonds. The summed E-state index contributed by atoms with van der Waals surface area (Å²) in [6, 6.07) is 14.8. The van der Waals surface area contributed by atoms with Gasteiger partial charge < -0.3 is 5.32 Å². The van der Waals surface area contributed by atoms with Crippen LogP contribution in [0.2, 0.25) is 4.34 Å². The minimum Gasteiger partial charge on any atom is -0.352 e. The van der Waals surface area contributed by atoms with Crippen molar-refractivity contribution in [2.24, 2.45) is 0 Å². The summed E-state index contributed by atoms with van der Waals surface area (Å²) in [6.45, 7) is 0.391. The predicted molar refractivity (Wildman–Crippen MR) is 116 cm³/mol. The highest BCUT2D eigenvalue weighted by molar-refractivity contribution is 7.94. The SMILES string of the molecule is O=C(NCCc1nnc2ccccn12)c1ccc(NS(=O)(=O)c2ccc(Cl)s2)cc1. The molecule has 4 aromatic rings. The lowest BCUT2D eigenvalue weighted by molar-refractivity contribution is 0.0954. The Balaban J connectivity index is 1.35. The number of hydrogen-bond acceptors (Lipinski definition) is 6. The molecule has 0 saturated heterocycles. The van der Waals surface area contributed by atoms with Crippen molar-refractivity contribution < 1.29 is 13.2 Å². The number of pyridine rings is 1. The van der Waals surface area contributed by atoms with E-state index in [-0.39, 0.29) is 10.1 Å². The maximum absolute atomic E-state index is 12.4. The van der Waals surface area contributed by atoms with Crippen LogP contribution in [0.25, 0.3) is 5.65 Å². The van der Waals surface area contributed by atoms with Crippen LogP contribution in [0.3, 0.4) is 0 Å². The first kappa shape index (κ1) is 20.3.